The highest BCUT2D eigenvalue weighted by Gasteiger charge is 2.20. The highest BCUT2D eigenvalue weighted by atomic mass is 127. The molecule has 1 aromatic carbocycles. The molecule has 0 spiro atoms. The Balaban J connectivity index is 1.90. The third-order valence-electron chi connectivity index (χ3n) is 6.47. The molecule has 0 bridgehead atoms. The van der Waals surface area contributed by atoms with Crippen molar-refractivity contribution < 1.29 is 38.6 Å². The maximum atomic E-state index is 8.82. The van der Waals surface area contributed by atoms with Crippen LogP contribution < -0.4 is 20.2 Å². The van der Waals surface area contributed by atoms with Gasteiger partial charge in [-0.05, 0) is 94.8 Å². The Morgan fingerprint density at radius 2 is 1.16 bits per heavy atom. The molecule has 10 nitrogen and oxygen atoms in total. The van der Waals surface area contributed by atoms with Gasteiger partial charge in [-0.1, -0.05) is 6.58 Å². The number of hydrogen-bond acceptors (Lipinski definition) is 8. The van der Waals surface area contributed by atoms with Crippen LogP contribution >= 0.6 is 45.2 Å². The first-order valence-electron chi connectivity index (χ1n) is 14.1. The number of benzene rings is 1. The minimum absolute atomic E-state index is 0.00794. The molecule has 0 saturated heterocycles. The second-order valence-electron chi connectivity index (χ2n) is 9.64. The first-order valence-corrected chi connectivity index (χ1v) is 16.3. The smallest absolute Gasteiger partial charge is 0.123 e. The van der Waals surface area contributed by atoms with Crippen LogP contribution in [0.4, 0.5) is 0 Å². The van der Waals surface area contributed by atoms with Crippen LogP contribution in [0, 0.1) is 27.9 Å². The molecule has 2 heterocycles. The number of rotatable bonds is 20. The van der Waals surface area contributed by atoms with Crippen LogP contribution in [0.2, 0.25) is 0 Å². The third kappa shape index (κ3) is 10.7. The van der Waals surface area contributed by atoms with Crippen molar-refractivity contribution in [3.05, 3.63) is 64.1 Å². The standard InChI is InChI=1S/C31H42I2N2O8/c1-20-28(32)22(3)34-30(20)27(31-21(2)29(33)23(4)35-31)24-17-25(42-15-13-40-11-9-38-7-5-36)19-26(18-24)43-16-14-41-12-10-39-8-6-37/h17-19,34-37H,3,5-16H2,1-2,4H3. The molecular weight excluding hydrogens is 782 g/mol. The van der Waals surface area contributed by atoms with Crippen molar-refractivity contribution in [2.75, 3.05) is 79.3 Å². The predicted octanol–water partition coefficient (Wildman–Crippen LogP) is 2.94. The van der Waals surface area contributed by atoms with E-state index in [1.54, 1.807) is 0 Å². The Morgan fingerprint density at radius 3 is 1.58 bits per heavy atom. The van der Waals surface area contributed by atoms with E-state index in [0.717, 1.165) is 47.9 Å². The predicted molar refractivity (Wildman–Crippen MR) is 182 cm³/mol. The first kappa shape index (κ1) is 35.8. The van der Waals surface area contributed by atoms with Crippen molar-refractivity contribution >= 4 is 57.3 Å². The maximum Gasteiger partial charge on any atom is 0.123 e. The largest absolute Gasteiger partial charge is 0.491 e. The number of aryl methyl sites for hydroxylation is 1. The Hall–Kier alpha value is -1.66. The Labute approximate surface area is 280 Å². The lowest BCUT2D eigenvalue weighted by atomic mass is 9.98. The zero-order valence-electron chi connectivity index (χ0n) is 25.0. The SMILES string of the molecule is C=c1[nH]c(=C(c2cc(OCCOCCOCCO)cc(OCCOCCOCCO)c2)c2[nH]c(C)c(I)c2C)c(C)c1I. The highest BCUT2D eigenvalue weighted by molar-refractivity contribution is 14.1. The molecule has 3 aromatic rings. The van der Waals surface area contributed by atoms with Crippen LogP contribution in [0.15, 0.2) is 18.2 Å². The summed E-state index contributed by atoms with van der Waals surface area (Å²) in [4.78, 5) is 7.11. The summed E-state index contributed by atoms with van der Waals surface area (Å²) in [6.45, 7) is 14.2. The van der Waals surface area contributed by atoms with Gasteiger partial charge in [0.15, 0.2) is 0 Å². The fourth-order valence-electron chi connectivity index (χ4n) is 4.37. The van der Waals surface area contributed by atoms with Crippen molar-refractivity contribution in [2.24, 2.45) is 0 Å². The van der Waals surface area contributed by atoms with Gasteiger partial charge < -0.3 is 48.6 Å². The van der Waals surface area contributed by atoms with Crippen molar-refractivity contribution in [2.45, 2.75) is 20.8 Å². The number of hydrogen-bond donors (Lipinski definition) is 4. The molecule has 0 radical (unpaired) electrons. The second kappa shape index (κ2) is 19.0. The van der Waals surface area contributed by atoms with E-state index in [2.05, 4.69) is 82.5 Å². The summed E-state index contributed by atoms with van der Waals surface area (Å²) in [5.41, 5.74) is 6.31. The van der Waals surface area contributed by atoms with E-state index in [0.29, 0.717) is 77.6 Å². The fraction of sp³-hybridized carbons (Fsp3) is 0.484. The molecule has 0 fully saturated rings. The molecule has 2 aromatic heterocycles. The van der Waals surface area contributed by atoms with Gasteiger partial charge in [-0.2, -0.15) is 0 Å². The molecule has 3 rings (SSSR count). The van der Waals surface area contributed by atoms with Gasteiger partial charge in [-0.3, -0.25) is 0 Å². The van der Waals surface area contributed by atoms with Crippen molar-refractivity contribution in [1.82, 2.24) is 9.97 Å². The van der Waals surface area contributed by atoms with E-state index in [-0.39, 0.29) is 13.2 Å². The van der Waals surface area contributed by atoms with Crippen LogP contribution in [-0.2, 0) is 18.9 Å². The number of nitrogens with one attached hydrogen (secondary N) is 2. The molecule has 12 heteroatoms. The van der Waals surface area contributed by atoms with Gasteiger partial charge in [-0.25, -0.2) is 0 Å². The lowest BCUT2D eigenvalue weighted by Gasteiger charge is -2.15. The van der Waals surface area contributed by atoms with Crippen LogP contribution in [-0.4, -0.2) is 99.5 Å². The first-order chi connectivity index (χ1) is 20.8. The van der Waals surface area contributed by atoms with Crippen molar-refractivity contribution in [3.8, 4) is 11.5 Å². The number of aliphatic hydroxyl groups excluding tert-OH is 2. The van der Waals surface area contributed by atoms with Gasteiger partial charge in [0.05, 0.1) is 77.1 Å². The minimum atomic E-state index is -0.00794. The van der Waals surface area contributed by atoms with E-state index >= 15 is 0 Å². The number of aliphatic hydroxyl groups is 2. The number of ether oxygens (including phenoxy) is 6. The summed E-state index contributed by atoms with van der Waals surface area (Å²) >= 11 is 4.71. The van der Waals surface area contributed by atoms with E-state index in [1.807, 2.05) is 18.2 Å². The molecule has 0 aliphatic heterocycles. The third-order valence-corrected chi connectivity index (χ3v) is 9.55. The molecule has 4 N–H and O–H groups in total. The normalized spacial score (nSPS) is 12.2. The quantitative estimate of drug-likeness (QED) is 0.101. The van der Waals surface area contributed by atoms with Crippen LogP contribution in [0.3, 0.4) is 0 Å². The number of halogens is 2. The van der Waals surface area contributed by atoms with Crippen molar-refractivity contribution in [1.29, 1.82) is 0 Å². The molecule has 238 valence electrons. The molecule has 0 atom stereocenters. The summed E-state index contributed by atoms with van der Waals surface area (Å²) in [5, 5.41) is 19.5. The molecule has 0 aliphatic carbocycles. The molecular formula is C31H42I2N2O8. The molecule has 0 amide bonds. The second-order valence-corrected chi connectivity index (χ2v) is 11.8. The Kier molecular flexibility index (Phi) is 15.8. The maximum absolute atomic E-state index is 8.82. The molecule has 43 heavy (non-hydrogen) atoms. The molecule has 0 aliphatic rings. The van der Waals surface area contributed by atoms with E-state index in [9.17, 15) is 0 Å². The lowest BCUT2D eigenvalue weighted by molar-refractivity contribution is 0.0241. The average molecular weight is 824 g/mol. The monoisotopic (exact) mass is 824 g/mol. The molecule has 0 unspecified atom stereocenters. The number of aromatic amines is 2. The summed E-state index contributed by atoms with van der Waals surface area (Å²) in [6.07, 6.45) is 0. The summed E-state index contributed by atoms with van der Waals surface area (Å²) in [5.74, 6) is 1.29. The molecule has 0 saturated carbocycles. The number of aromatic nitrogens is 2. The summed E-state index contributed by atoms with van der Waals surface area (Å²) in [7, 11) is 0. The van der Waals surface area contributed by atoms with Gasteiger partial charge in [0, 0.05) is 29.8 Å². The zero-order chi connectivity index (χ0) is 31.2. The number of H-pyrrole nitrogens is 2. The fourth-order valence-corrected chi connectivity index (χ4v) is 5.18. The van der Waals surface area contributed by atoms with Gasteiger partial charge in [0.2, 0.25) is 0 Å². The van der Waals surface area contributed by atoms with Gasteiger partial charge in [0.1, 0.15) is 24.7 Å². The minimum Gasteiger partial charge on any atom is -0.491 e. The van der Waals surface area contributed by atoms with Gasteiger partial charge >= 0.3 is 0 Å². The zero-order valence-corrected chi connectivity index (χ0v) is 29.3. The van der Waals surface area contributed by atoms with Crippen LogP contribution in [0.25, 0.3) is 12.2 Å². The van der Waals surface area contributed by atoms with E-state index in [4.69, 9.17) is 38.6 Å². The van der Waals surface area contributed by atoms with Crippen LogP contribution in [0.1, 0.15) is 28.1 Å². The van der Waals surface area contributed by atoms with E-state index < -0.39 is 0 Å². The summed E-state index contributed by atoms with van der Waals surface area (Å²) < 4.78 is 36.2. The van der Waals surface area contributed by atoms with Crippen molar-refractivity contribution in [3.63, 3.8) is 0 Å². The lowest BCUT2D eigenvalue weighted by Crippen LogP contribution is -2.17. The topological polar surface area (TPSA) is 127 Å². The van der Waals surface area contributed by atoms with Gasteiger partial charge in [0.25, 0.3) is 0 Å². The highest BCUT2D eigenvalue weighted by Crippen LogP contribution is 2.33. The average Bonchev–Trinajstić information content (AvgIpc) is 3.39. The van der Waals surface area contributed by atoms with E-state index in [1.165, 1.54) is 3.57 Å². The summed E-state index contributed by atoms with van der Waals surface area (Å²) in [6, 6.07) is 5.89. The van der Waals surface area contributed by atoms with Gasteiger partial charge in [-0.15, -0.1) is 0 Å². The Bertz CT molecular complexity index is 1370. The van der Waals surface area contributed by atoms with Crippen LogP contribution in [0.5, 0.6) is 11.5 Å². The Morgan fingerprint density at radius 1 is 0.674 bits per heavy atom.